The maximum Gasteiger partial charge on any atom is 0.303 e. The summed E-state index contributed by atoms with van der Waals surface area (Å²) in [5.74, 6) is 1.07. The predicted octanol–water partition coefficient (Wildman–Crippen LogP) is 6.74. The van der Waals surface area contributed by atoms with Crippen molar-refractivity contribution in [3.8, 4) is 0 Å². The number of aliphatic carboxylic acids is 1. The number of allylic oxidation sites excluding steroid dienone is 2. The van der Waals surface area contributed by atoms with Crippen LogP contribution in [0, 0.1) is 11.8 Å². The first-order valence-electron chi connectivity index (χ1n) is 10.1. The number of carboxylic acid groups (broad SMARTS) is 1. The first-order valence-corrected chi connectivity index (χ1v) is 10.1. The Morgan fingerprint density at radius 2 is 1.74 bits per heavy atom. The van der Waals surface area contributed by atoms with Crippen LogP contribution >= 0.6 is 0 Å². The highest BCUT2D eigenvalue weighted by molar-refractivity contribution is 5.66. The first kappa shape index (κ1) is 20.3. The molecule has 1 fully saturated rings. The second-order valence-electron chi connectivity index (χ2n) is 7.33. The van der Waals surface area contributed by atoms with E-state index >= 15 is 0 Å². The molecule has 0 spiro atoms. The quantitative estimate of drug-likeness (QED) is 0.284. The van der Waals surface area contributed by atoms with E-state index in [1.165, 1.54) is 77.0 Å². The molecule has 0 radical (unpaired) electrons. The SMILES string of the molecule is CCCCCCCC=C[C@H]1CCC[C@@H]1CCCCCCC(=O)O. The highest BCUT2D eigenvalue weighted by Gasteiger charge is 2.24. The van der Waals surface area contributed by atoms with Gasteiger partial charge in [0.05, 0.1) is 0 Å². The minimum absolute atomic E-state index is 0.340. The molecule has 0 heterocycles. The smallest absolute Gasteiger partial charge is 0.303 e. The number of carboxylic acids is 1. The lowest BCUT2D eigenvalue weighted by Gasteiger charge is -2.16. The fraction of sp³-hybridized carbons (Fsp3) is 0.857. The summed E-state index contributed by atoms with van der Waals surface area (Å²) >= 11 is 0. The van der Waals surface area contributed by atoms with Crippen molar-refractivity contribution in [2.45, 2.75) is 103 Å². The van der Waals surface area contributed by atoms with Gasteiger partial charge in [-0.05, 0) is 50.4 Å². The van der Waals surface area contributed by atoms with Gasteiger partial charge in [-0.15, -0.1) is 0 Å². The number of unbranched alkanes of at least 4 members (excludes halogenated alkanes) is 8. The van der Waals surface area contributed by atoms with Crippen molar-refractivity contribution in [3.05, 3.63) is 12.2 Å². The Labute approximate surface area is 143 Å². The van der Waals surface area contributed by atoms with E-state index in [2.05, 4.69) is 19.1 Å². The molecule has 0 bridgehead atoms. The van der Waals surface area contributed by atoms with Gasteiger partial charge < -0.3 is 5.11 Å². The lowest BCUT2D eigenvalue weighted by molar-refractivity contribution is -0.137. The maximum atomic E-state index is 10.5. The third kappa shape index (κ3) is 10.6. The van der Waals surface area contributed by atoms with Crippen LogP contribution in [0.1, 0.15) is 103 Å². The molecule has 134 valence electrons. The van der Waals surface area contributed by atoms with Crippen molar-refractivity contribution in [2.75, 3.05) is 0 Å². The summed E-state index contributed by atoms with van der Waals surface area (Å²) in [4.78, 5) is 10.5. The van der Waals surface area contributed by atoms with E-state index in [1.807, 2.05) is 0 Å². The van der Waals surface area contributed by atoms with Crippen molar-refractivity contribution in [1.82, 2.24) is 0 Å². The normalized spacial score (nSPS) is 21.3. The zero-order valence-electron chi connectivity index (χ0n) is 15.3. The Hall–Kier alpha value is -0.790. The van der Waals surface area contributed by atoms with E-state index in [9.17, 15) is 4.79 Å². The third-order valence-corrected chi connectivity index (χ3v) is 5.29. The molecule has 0 amide bonds. The summed E-state index contributed by atoms with van der Waals surface area (Å²) in [5, 5.41) is 8.63. The molecule has 1 aliphatic rings. The van der Waals surface area contributed by atoms with Gasteiger partial charge in [-0.2, -0.15) is 0 Å². The molecule has 0 aliphatic heterocycles. The van der Waals surface area contributed by atoms with Gasteiger partial charge in [0.15, 0.2) is 0 Å². The van der Waals surface area contributed by atoms with Crippen LogP contribution in [0.2, 0.25) is 0 Å². The van der Waals surface area contributed by atoms with Gasteiger partial charge in [0.25, 0.3) is 0 Å². The molecule has 2 nitrogen and oxygen atoms in total. The first-order chi connectivity index (χ1) is 11.2. The number of carbonyl (C=O) groups is 1. The standard InChI is InChI=1S/C21H38O2/c1-2-3-4-5-6-7-10-14-19-16-13-17-20(19)15-11-8-9-12-18-21(22)23/h10,14,19-20H,2-9,11-13,15-18H2,1H3,(H,22,23)/t19-,20-/m0/s1. The van der Waals surface area contributed by atoms with Crippen LogP contribution < -0.4 is 0 Å². The van der Waals surface area contributed by atoms with E-state index in [-0.39, 0.29) is 0 Å². The monoisotopic (exact) mass is 322 g/mol. The second-order valence-corrected chi connectivity index (χ2v) is 7.33. The molecule has 0 unspecified atom stereocenters. The Morgan fingerprint density at radius 3 is 2.52 bits per heavy atom. The zero-order chi connectivity index (χ0) is 16.8. The predicted molar refractivity (Wildman–Crippen MR) is 98.7 cm³/mol. The van der Waals surface area contributed by atoms with Gasteiger partial charge >= 0.3 is 5.97 Å². The average Bonchev–Trinajstić information content (AvgIpc) is 2.97. The number of hydrogen-bond acceptors (Lipinski definition) is 1. The maximum absolute atomic E-state index is 10.5. The van der Waals surface area contributed by atoms with Crippen molar-refractivity contribution >= 4 is 5.97 Å². The van der Waals surface area contributed by atoms with Gasteiger partial charge in [-0.25, -0.2) is 0 Å². The van der Waals surface area contributed by atoms with Crippen LogP contribution in [0.15, 0.2) is 12.2 Å². The molecule has 0 aromatic rings. The Bertz CT molecular complexity index is 322. The van der Waals surface area contributed by atoms with Crippen molar-refractivity contribution in [1.29, 1.82) is 0 Å². The molecule has 0 saturated heterocycles. The molecule has 0 aromatic heterocycles. The van der Waals surface area contributed by atoms with E-state index in [0.29, 0.717) is 6.42 Å². The molecular formula is C21H38O2. The summed E-state index contributed by atoms with van der Waals surface area (Å²) in [6.07, 6.45) is 23.4. The molecule has 0 aromatic carbocycles. The van der Waals surface area contributed by atoms with Crippen LogP contribution in [-0.4, -0.2) is 11.1 Å². The highest BCUT2D eigenvalue weighted by Crippen LogP contribution is 2.36. The fourth-order valence-electron chi connectivity index (χ4n) is 3.85. The third-order valence-electron chi connectivity index (χ3n) is 5.29. The van der Waals surface area contributed by atoms with E-state index in [0.717, 1.165) is 24.7 Å². The minimum atomic E-state index is -0.652. The van der Waals surface area contributed by atoms with Crippen LogP contribution in [0.4, 0.5) is 0 Å². The van der Waals surface area contributed by atoms with Gasteiger partial charge in [-0.3, -0.25) is 4.79 Å². The number of hydrogen-bond donors (Lipinski definition) is 1. The highest BCUT2D eigenvalue weighted by atomic mass is 16.4. The molecule has 1 aliphatic carbocycles. The van der Waals surface area contributed by atoms with Crippen molar-refractivity contribution < 1.29 is 9.90 Å². The Balaban J connectivity index is 2.05. The van der Waals surface area contributed by atoms with Crippen molar-refractivity contribution in [2.24, 2.45) is 11.8 Å². The molecule has 2 atom stereocenters. The summed E-state index contributed by atoms with van der Waals surface area (Å²) < 4.78 is 0. The molecular weight excluding hydrogens is 284 g/mol. The summed E-state index contributed by atoms with van der Waals surface area (Å²) in [6, 6.07) is 0. The Morgan fingerprint density at radius 1 is 1.00 bits per heavy atom. The van der Waals surface area contributed by atoms with Crippen LogP contribution in [0.5, 0.6) is 0 Å². The fourth-order valence-corrected chi connectivity index (χ4v) is 3.85. The van der Waals surface area contributed by atoms with Gasteiger partial charge in [0.1, 0.15) is 0 Å². The lowest BCUT2D eigenvalue weighted by atomic mass is 9.90. The minimum Gasteiger partial charge on any atom is -0.481 e. The van der Waals surface area contributed by atoms with Gasteiger partial charge in [0, 0.05) is 6.42 Å². The second kappa shape index (κ2) is 13.6. The van der Waals surface area contributed by atoms with E-state index in [4.69, 9.17) is 5.11 Å². The molecule has 1 N–H and O–H groups in total. The van der Waals surface area contributed by atoms with Crippen molar-refractivity contribution in [3.63, 3.8) is 0 Å². The van der Waals surface area contributed by atoms with Gasteiger partial charge in [0.2, 0.25) is 0 Å². The van der Waals surface area contributed by atoms with E-state index < -0.39 is 5.97 Å². The lowest BCUT2D eigenvalue weighted by Crippen LogP contribution is -2.05. The number of rotatable bonds is 14. The van der Waals surface area contributed by atoms with Gasteiger partial charge in [-0.1, -0.05) is 70.4 Å². The van der Waals surface area contributed by atoms with Crippen LogP contribution in [0.25, 0.3) is 0 Å². The van der Waals surface area contributed by atoms with Crippen LogP contribution in [0.3, 0.4) is 0 Å². The summed E-state index contributed by atoms with van der Waals surface area (Å²) in [5.41, 5.74) is 0. The molecule has 1 rings (SSSR count). The molecule has 1 saturated carbocycles. The summed E-state index contributed by atoms with van der Waals surface area (Å²) in [6.45, 7) is 2.27. The molecule has 23 heavy (non-hydrogen) atoms. The Kier molecular flexibility index (Phi) is 12.0. The molecule has 2 heteroatoms. The topological polar surface area (TPSA) is 37.3 Å². The van der Waals surface area contributed by atoms with Crippen LogP contribution in [-0.2, 0) is 4.79 Å². The zero-order valence-corrected chi connectivity index (χ0v) is 15.3. The largest absolute Gasteiger partial charge is 0.481 e. The van der Waals surface area contributed by atoms with E-state index in [1.54, 1.807) is 0 Å². The summed E-state index contributed by atoms with van der Waals surface area (Å²) in [7, 11) is 0. The average molecular weight is 323 g/mol.